The molecule has 0 aliphatic rings. The predicted octanol–water partition coefficient (Wildman–Crippen LogP) is 5.04. The van der Waals surface area contributed by atoms with Crippen LogP contribution in [0.4, 0.5) is 0 Å². The zero-order valence-corrected chi connectivity index (χ0v) is 18.2. The van der Waals surface area contributed by atoms with Gasteiger partial charge in [0.25, 0.3) is 0 Å². The zero-order chi connectivity index (χ0) is 17.7. The van der Waals surface area contributed by atoms with Gasteiger partial charge >= 0.3 is 145 Å². The summed E-state index contributed by atoms with van der Waals surface area (Å²) in [5.41, 5.74) is 4.57. The molecule has 0 heterocycles. The Kier molecular flexibility index (Phi) is 9.73. The van der Waals surface area contributed by atoms with Crippen molar-refractivity contribution < 1.29 is 27.4 Å². The van der Waals surface area contributed by atoms with E-state index in [-0.39, 0.29) is 0 Å². The molecule has 1 nitrogen and oxygen atoms in total. The van der Waals surface area contributed by atoms with Gasteiger partial charge in [0.1, 0.15) is 0 Å². The van der Waals surface area contributed by atoms with Gasteiger partial charge in [0.2, 0.25) is 0 Å². The third-order valence-corrected chi connectivity index (χ3v) is 11.8. The van der Waals surface area contributed by atoms with Crippen molar-refractivity contribution in [1.29, 1.82) is 0 Å². The van der Waals surface area contributed by atoms with E-state index in [2.05, 4.69) is 96.3 Å². The fourth-order valence-corrected chi connectivity index (χ4v) is 11.0. The molecule has 0 atom stereocenters. The number of rotatable bonds is 6. The van der Waals surface area contributed by atoms with Gasteiger partial charge in [-0.1, -0.05) is 0 Å². The zero-order valence-electron chi connectivity index (χ0n) is 15.4. The maximum atomic E-state index is 2.75. The maximum absolute atomic E-state index is 2.75. The summed E-state index contributed by atoms with van der Waals surface area (Å²) < 4.78 is 4.02. The van der Waals surface area contributed by atoms with Crippen LogP contribution in [0.5, 0.6) is 0 Å². The first-order valence-electron chi connectivity index (χ1n) is 9.02. The molecule has 128 valence electrons. The molecule has 3 aromatic rings. The average molecular weight is 407 g/mol. The van der Waals surface area contributed by atoms with Crippen molar-refractivity contribution >= 4 is 0 Å². The predicted molar refractivity (Wildman–Crippen MR) is 105 cm³/mol. The van der Waals surface area contributed by atoms with E-state index in [1.165, 1.54) is 26.4 Å². The van der Waals surface area contributed by atoms with E-state index < -0.39 is 27.4 Å². The van der Waals surface area contributed by atoms with Crippen LogP contribution in [0.1, 0.15) is 16.7 Å². The summed E-state index contributed by atoms with van der Waals surface area (Å²) in [6.07, 6.45) is 0. The fraction of sp³-hybridized carbons (Fsp3) is 0.217. The van der Waals surface area contributed by atoms with Gasteiger partial charge in [-0.15, -0.1) is 0 Å². The van der Waals surface area contributed by atoms with Gasteiger partial charge < -0.3 is 5.32 Å². The second-order valence-corrected chi connectivity index (χ2v) is 13.7. The Morgan fingerprint density at radius 1 is 0.520 bits per heavy atom. The number of hydrogen-bond donors (Lipinski definition) is 1. The van der Waals surface area contributed by atoms with E-state index in [4.69, 9.17) is 0 Å². The second kappa shape index (κ2) is 12.1. The molecule has 0 aromatic heterocycles. The molecule has 3 rings (SSSR count). The van der Waals surface area contributed by atoms with E-state index in [0.29, 0.717) is 0 Å². The van der Waals surface area contributed by atoms with E-state index >= 15 is 0 Å². The summed E-state index contributed by atoms with van der Waals surface area (Å²) in [7, 11) is 3.75. The first kappa shape index (κ1) is 20.0. The van der Waals surface area contributed by atoms with E-state index in [1.54, 1.807) is 0 Å². The van der Waals surface area contributed by atoms with Gasteiger partial charge in [-0.3, -0.25) is 0 Å². The molecule has 0 bridgehead atoms. The molecule has 1 N–H and O–H groups in total. The second-order valence-electron chi connectivity index (χ2n) is 6.44. The minimum atomic E-state index is -1.70. The van der Waals surface area contributed by atoms with Crippen LogP contribution in [0, 0.1) is 0 Å². The molecule has 0 radical (unpaired) electrons. The summed E-state index contributed by atoms with van der Waals surface area (Å²) in [6.45, 7) is 0. The van der Waals surface area contributed by atoms with Crippen molar-refractivity contribution in [1.82, 2.24) is 5.32 Å². The van der Waals surface area contributed by atoms with Crippen LogP contribution in [0.15, 0.2) is 91.0 Å². The normalized spacial score (nSPS) is 9.84. The Balaban J connectivity index is 0.000000701. The molecule has 0 aliphatic heterocycles. The van der Waals surface area contributed by atoms with E-state index in [1.807, 2.05) is 14.1 Å². The molecular weight excluding hydrogens is 379 g/mol. The van der Waals surface area contributed by atoms with Crippen LogP contribution >= 0.6 is 0 Å². The van der Waals surface area contributed by atoms with Gasteiger partial charge in [-0.05, 0) is 14.1 Å². The first-order valence-corrected chi connectivity index (χ1v) is 15.0. The van der Waals surface area contributed by atoms with Crippen molar-refractivity contribution in [3.8, 4) is 0 Å². The molecule has 0 unspecified atom stereocenters. The van der Waals surface area contributed by atoms with Crippen LogP contribution in [0.2, 0.25) is 0 Å². The minimum absolute atomic E-state index is 1.34. The van der Waals surface area contributed by atoms with E-state index in [9.17, 15) is 0 Å². The van der Waals surface area contributed by atoms with Gasteiger partial charge in [0.15, 0.2) is 0 Å². The van der Waals surface area contributed by atoms with Gasteiger partial charge in [-0.25, -0.2) is 0 Å². The quantitative estimate of drug-likeness (QED) is 0.604. The van der Waals surface area contributed by atoms with Crippen molar-refractivity contribution in [3.63, 3.8) is 0 Å². The van der Waals surface area contributed by atoms with Crippen LogP contribution in [-0.4, -0.2) is 14.1 Å². The van der Waals surface area contributed by atoms with Crippen LogP contribution in [-0.2, 0) is 37.1 Å². The Hall–Kier alpha value is -1.28. The number of hydrogen-bond acceptors (Lipinski definition) is 1. The molecule has 2 heteroatoms. The van der Waals surface area contributed by atoms with Crippen molar-refractivity contribution in [2.24, 2.45) is 0 Å². The molecule has 0 spiro atoms. The van der Waals surface area contributed by atoms with Gasteiger partial charge in [0.05, 0.1) is 0 Å². The third kappa shape index (κ3) is 8.09. The topological polar surface area (TPSA) is 12.0 Å². The Morgan fingerprint density at radius 2 is 0.760 bits per heavy atom. The van der Waals surface area contributed by atoms with Crippen molar-refractivity contribution in [2.45, 2.75) is 9.69 Å². The molecule has 0 fully saturated rings. The molecule has 0 saturated carbocycles. The molecule has 0 saturated heterocycles. The summed E-state index contributed by atoms with van der Waals surface area (Å²) in [6, 6.07) is 33.1. The summed E-state index contributed by atoms with van der Waals surface area (Å²) in [5.74, 6) is 0. The third-order valence-electron chi connectivity index (χ3n) is 4.10. The molecule has 3 aromatic carbocycles. The monoisotopic (exact) mass is 407 g/mol. The SMILES string of the molecule is CNC.c1ccc([CH2][Y]([CH2]c2ccccc2)[CH2]c2ccccc2)cc1. The van der Waals surface area contributed by atoms with Gasteiger partial charge in [0, 0.05) is 0 Å². The number of nitrogens with one attached hydrogen (secondary N) is 1. The Labute approximate surface area is 163 Å². The molecular formula is C23H28NY. The van der Waals surface area contributed by atoms with E-state index in [0.717, 1.165) is 0 Å². The summed E-state index contributed by atoms with van der Waals surface area (Å²) in [4.78, 5) is 0. The molecule has 0 amide bonds. The Bertz CT molecular complexity index is 584. The fourth-order valence-electron chi connectivity index (χ4n) is 3.06. The standard InChI is InChI=1S/3C7H7.C2H7N.Y/c3*1-7-5-3-2-4-6-7;1-3-2;/h3*2-6H,1H2;3H,1-2H3;. The first-order chi connectivity index (χ1) is 12.3. The van der Waals surface area contributed by atoms with Crippen LogP contribution in [0.3, 0.4) is 0 Å². The number of benzene rings is 3. The van der Waals surface area contributed by atoms with Crippen LogP contribution < -0.4 is 5.32 Å². The van der Waals surface area contributed by atoms with Crippen molar-refractivity contribution in [3.05, 3.63) is 108 Å². The van der Waals surface area contributed by atoms with Crippen LogP contribution in [0.25, 0.3) is 0 Å². The average Bonchev–Trinajstić information content (AvgIpc) is 2.65. The molecule has 0 aliphatic carbocycles. The summed E-state index contributed by atoms with van der Waals surface area (Å²) >= 11 is -1.70. The molecule has 25 heavy (non-hydrogen) atoms. The van der Waals surface area contributed by atoms with Gasteiger partial charge in [-0.2, -0.15) is 0 Å². The Morgan fingerprint density at radius 3 is 1.00 bits per heavy atom. The summed E-state index contributed by atoms with van der Waals surface area (Å²) in [5, 5.41) is 2.75. The van der Waals surface area contributed by atoms with Crippen molar-refractivity contribution in [2.75, 3.05) is 14.1 Å².